The highest BCUT2D eigenvalue weighted by atomic mass is 16.5. The van der Waals surface area contributed by atoms with E-state index in [2.05, 4.69) is 35.4 Å². The smallest absolute Gasteiger partial charge is 0.230 e. The van der Waals surface area contributed by atoms with E-state index in [1.807, 2.05) is 6.07 Å². The normalized spacial score (nSPS) is 17.3. The summed E-state index contributed by atoms with van der Waals surface area (Å²) in [7, 11) is 0. The molecule has 4 rings (SSSR count). The molecule has 0 saturated carbocycles. The first-order chi connectivity index (χ1) is 12.7. The van der Waals surface area contributed by atoms with Crippen molar-refractivity contribution in [3.8, 4) is 5.82 Å². The van der Waals surface area contributed by atoms with Gasteiger partial charge in [0.15, 0.2) is 11.6 Å². The average Bonchev–Trinajstić information content (AvgIpc) is 3.34. The standard InChI is InChI=1S/C16H18N8O2/c1-11-5-13(22-26-11)21-16(25)12-3-2-4-23(7-12)14-6-15(19-9-18-14)24-10-17-8-20-24/h5-6,8-10,12H,2-4,7H2,1H3,(H,21,22,25)/t12-/m1/s1. The van der Waals surface area contributed by atoms with E-state index in [1.165, 1.54) is 12.7 Å². The lowest BCUT2D eigenvalue weighted by molar-refractivity contribution is -0.120. The molecule has 10 nitrogen and oxygen atoms in total. The van der Waals surface area contributed by atoms with E-state index in [0.717, 1.165) is 25.2 Å². The van der Waals surface area contributed by atoms with Gasteiger partial charge in [0.2, 0.25) is 5.91 Å². The van der Waals surface area contributed by atoms with Crippen LogP contribution in [0.1, 0.15) is 18.6 Å². The summed E-state index contributed by atoms with van der Waals surface area (Å²) >= 11 is 0. The van der Waals surface area contributed by atoms with Gasteiger partial charge >= 0.3 is 0 Å². The molecular formula is C16H18N8O2. The molecule has 1 aliphatic heterocycles. The first-order valence-electron chi connectivity index (χ1n) is 8.35. The Morgan fingerprint density at radius 1 is 1.27 bits per heavy atom. The maximum absolute atomic E-state index is 12.5. The summed E-state index contributed by atoms with van der Waals surface area (Å²) in [6.45, 7) is 3.20. The number of aryl methyl sites for hydroxylation is 1. The number of hydrogen-bond acceptors (Lipinski definition) is 8. The van der Waals surface area contributed by atoms with E-state index in [1.54, 1.807) is 24.0 Å². The Balaban J connectivity index is 1.46. The zero-order valence-electron chi connectivity index (χ0n) is 14.2. The molecule has 0 radical (unpaired) electrons. The fraction of sp³-hybridized carbons (Fsp3) is 0.375. The Labute approximate surface area is 149 Å². The highest BCUT2D eigenvalue weighted by molar-refractivity contribution is 5.92. The van der Waals surface area contributed by atoms with Gasteiger partial charge in [-0.1, -0.05) is 5.16 Å². The SMILES string of the molecule is Cc1cc(NC(=O)[C@@H]2CCCN(c3cc(-n4cncn4)ncn3)C2)no1. The molecule has 1 amide bonds. The number of nitrogens with zero attached hydrogens (tertiary/aromatic N) is 7. The predicted molar refractivity (Wildman–Crippen MR) is 91.8 cm³/mol. The third-order valence-electron chi connectivity index (χ3n) is 4.29. The van der Waals surface area contributed by atoms with E-state index < -0.39 is 0 Å². The van der Waals surface area contributed by atoms with Crippen molar-refractivity contribution in [2.75, 3.05) is 23.3 Å². The number of carbonyl (C=O) groups excluding carboxylic acids is 1. The van der Waals surface area contributed by atoms with E-state index in [9.17, 15) is 4.79 Å². The van der Waals surface area contributed by atoms with Crippen LogP contribution >= 0.6 is 0 Å². The minimum atomic E-state index is -0.148. The van der Waals surface area contributed by atoms with Gasteiger partial charge in [0, 0.05) is 25.2 Å². The maximum atomic E-state index is 12.5. The van der Waals surface area contributed by atoms with Crippen LogP contribution in [-0.4, -0.2) is 48.9 Å². The second-order valence-electron chi connectivity index (χ2n) is 6.17. The summed E-state index contributed by atoms with van der Waals surface area (Å²) in [5.74, 6) is 2.30. The van der Waals surface area contributed by atoms with E-state index in [-0.39, 0.29) is 11.8 Å². The lowest BCUT2D eigenvalue weighted by atomic mass is 9.97. The third-order valence-corrected chi connectivity index (χ3v) is 4.29. The van der Waals surface area contributed by atoms with Crippen molar-refractivity contribution in [3.63, 3.8) is 0 Å². The quantitative estimate of drug-likeness (QED) is 0.743. The van der Waals surface area contributed by atoms with E-state index in [4.69, 9.17) is 4.52 Å². The summed E-state index contributed by atoms with van der Waals surface area (Å²) < 4.78 is 6.56. The Kier molecular flexibility index (Phi) is 4.30. The van der Waals surface area contributed by atoms with Crippen molar-refractivity contribution < 1.29 is 9.32 Å². The van der Waals surface area contributed by atoms with Crippen molar-refractivity contribution in [2.24, 2.45) is 5.92 Å². The molecule has 1 saturated heterocycles. The van der Waals surface area contributed by atoms with Gasteiger partial charge in [-0.3, -0.25) is 4.79 Å². The molecule has 1 atom stereocenters. The number of piperidine rings is 1. The second kappa shape index (κ2) is 6.90. The van der Waals surface area contributed by atoms with Gasteiger partial charge < -0.3 is 14.7 Å². The van der Waals surface area contributed by atoms with Crippen molar-refractivity contribution >= 4 is 17.5 Å². The van der Waals surface area contributed by atoms with Crippen LogP contribution in [0.25, 0.3) is 5.82 Å². The Bertz CT molecular complexity index is 891. The van der Waals surface area contributed by atoms with Gasteiger partial charge in [0.1, 0.15) is 30.6 Å². The summed E-state index contributed by atoms with van der Waals surface area (Å²) in [4.78, 5) is 27.1. The number of anilines is 2. The third kappa shape index (κ3) is 3.39. The molecule has 0 aromatic carbocycles. The highest BCUT2D eigenvalue weighted by Crippen LogP contribution is 2.23. The molecule has 3 aromatic rings. The van der Waals surface area contributed by atoms with Crippen LogP contribution in [0.3, 0.4) is 0 Å². The number of amides is 1. The molecule has 0 bridgehead atoms. The van der Waals surface area contributed by atoms with Gasteiger partial charge in [-0.2, -0.15) is 5.10 Å². The zero-order chi connectivity index (χ0) is 17.9. The van der Waals surface area contributed by atoms with Crippen LogP contribution in [0, 0.1) is 12.8 Å². The molecule has 0 aliphatic carbocycles. The number of aromatic nitrogens is 6. The van der Waals surface area contributed by atoms with Crippen LogP contribution in [0.15, 0.2) is 35.6 Å². The van der Waals surface area contributed by atoms with Gasteiger partial charge in [-0.25, -0.2) is 19.6 Å². The van der Waals surface area contributed by atoms with Crippen molar-refractivity contribution in [2.45, 2.75) is 19.8 Å². The first kappa shape index (κ1) is 16.2. The topological polar surface area (TPSA) is 115 Å². The number of carbonyl (C=O) groups is 1. The first-order valence-corrected chi connectivity index (χ1v) is 8.35. The maximum Gasteiger partial charge on any atom is 0.230 e. The lowest BCUT2D eigenvalue weighted by Crippen LogP contribution is -2.41. The number of nitrogens with one attached hydrogen (secondary N) is 1. The largest absolute Gasteiger partial charge is 0.360 e. The van der Waals surface area contributed by atoms with E-state index >= 15 is 0 Å². The molecule has 0 spiro atoms. The van der Waals surface area contributed by atoms with Gasteiger partial charge in [-0.15, -0.1) is 0 Å². The van der Waals surface area contributed by atoms with Crippen LogP contribution in [-0.2, 0) is 4.79 Å². The van der Waals surface area contributed by atoms with E-state index in [0.29, 0.717) is 23.9 Å². The monoisotopic (exact) mass is 354 g/mol. The average molecular weight is 354 g/mol. The summed E-state index contributed by atoms with van der Waals surface area (Å²) in [6, 6.07) is 3.54. The van der Waals surface area contributed by atoms with Crippen molar-refractivity contribution in [3.05, 3.63) is 36.9 Å². The van der Waals surface area contributed by atoms with Crippen LogP contribution in [0.4, 0.5) is 11.6 Å². The second-order valence-corrected chi connectivity index (χ2v) is 6.17. The predicted octanol–water partition coefficient (Wildman–Crippen LogP) is 1.21. The summed E-state index contributed by atoms with van der Waals surface area (Å²) in [6.07, 6.45) is 6.25. The number of hydrogen-bond donors (Lipinski definition) is 1. The molecular weight excluding hydrogens is 336 g/mol. The van der Waals surface area contributed by atoms with Crippen LogP contribution < -0.4 is 10.2 Å². The molecule has 3 aromatic heterocycles. The van der Waals surface area contributed by atoms with Gasteiger partial charge in [0.25, 0.3) is 0 Å². The molecule has 1 N–H and O–H groups in total. The molecule has 26 heavy (non-hydrogen) atoms. The molecule has 1 fully saturated rings. The lowest BCUT2D eigenvalue weighted by Gasteiger charge is -2.32. The molecule has 1 aliphatic rings. The minimum absolute atomic E-state index is 0.0615. The highest BCUT2D eigenvalue weighted by Gasteiger charge is 2.27. The van der Waals surface area contributed by atoms with Crippen molar-refractivity contribution in [1.29, 1.82) is 0 Å². The summed E-state index contributed by atoms with van der Waals surface area (Å²) in [5, 5.41) is 10.7. The van der Waals surface area contributed by atoms with Gasteiger partial charge in [0.05, 0.1) is 5.92 Å². The molecule has 0 unspecified atom stereocenters. The fourth-order valence-corrected chi connectivity index (χ4v) is 3.01. The summed E-state index contributed by atoms with van der Waals surface area (Å²) in [5.41, 5.74) is 0. The van der Waals surface area contributed by atoms with Crippen LogP contribution in [0.5, 0.6) is 0 Å². The Morgan fingerprint density at radius 3 is 2.92 bits per heavy atom. The minimum Gasteiger partial charge on any atom is -0.360 e. The zero-order valence-corrected chi connectivity index (χ0v) is 14.2. The number of rotatable bonds is 4. The van der Waals surface area contributed by atoms with Crippen molar-refractivity contribution in [1.82, 2.24) is 29.9 Å². The molecule has 10 heteroatoms. The molecule has 134 valence electrons. The van der Waals surface area contributed by atoms with Crippen LogP contribution in [0.2, 0.25) is 0 Å². The Morgan fingerprint density at radius 2 is 2.15 bits per heavy atom. The fourth-order valence-electron chi connectivity index (χ4n) is 3.01. The van der Waals surface area contributed by atoms with Gasteiger partial charge in [-0.05, 0) is 19.8 Å². The molecule has 4 heterocycles. The Hall–Kier alpha value is -3.30.